The van der Waals surface area contributed by atoms with Crippen LogP contribution in [0.1, 0.15) is 11.1 Å². The lowest BCUT2D eigenvalue weighted by molar-refractivity contribution is -0.385. The number of carbonyl (C=O) groups is 2. The van der Waals surface area contributed by atoms with Crippen LogP contribution in [0.2, 0.25) is 0 Å². The molecule has 0 fully saturated rings. The first-order valence-corrected chi connectivity index (χ1v) is 9.13. The summed E-state index contributed by atoms with van der Waals surface area (Å²) < 4.78 is 10.1. The zero-order valence-corrected chi connectivity index (χ0v) is 16.5. The Labute approximate surface area is 172 Å². The molecule has 0 heterocycles. The number of nitrogens with zero attached hydrogens (tertiary/aromatic N) is 1. The van der Waals surface area contributed by atoms with Crippen molar-refractivity contribution in [1.82, 2.24) is 0 Å². The molecule has 30 heavy (non-hydrogen) atoms. The smallest absolute Gasteiger partial charge is 0.311 e. The van der Waals surface area contributed by atoms with Gasteiger partial charge in [-0.25, -0.2) is 0 Å². The Balaban J connectivity index is 1.58. The van der Waals surface area contributed by atoms with Gasteiger partial charge in [-0.3, -0.25) is 19.7 Å². The van der Waals surface area contributed by atoms with Gasteiger partial charge in [0.2, 0.25) is 0 Å². The normalized spacial score (nSPS) is 10.5. The number of fused-ring (bicyclic) bond motifs is 1. The van der Waals surface area contributed by atoms with Crippen LogP contribution in [0.3, 0.4) is 0 Å². The molecular weight excluding hydrogens is 388 g/mol. The third-order valence-corrected chi connectivity index (χ3v) is 4.52. The van der Waals surface area contributed by atoms with E-state index >= 15 is 0 Å². The molecule has 0 saturated heterocycles. The van der Waals surface area contributed by atoms with Gasteiger partial charge in [-0.2, -0.15) is 0 Å². The number of hydrogen-bond acceptors (Lipinski definition) is 6. The van der Waals surface area contributed by atoms with Crippen molar-refractivity contribution in [1.29, 1.82) is 0 Å². The first-order valence-electron chi connectivity index (χ1n) is 9.13. The van der Waals surface area contributed by atoms with Crippen molar-refractivity contribution >= 4 is 34.0 Å². The zero-order chi connectivity index (χ0) is 21.7. The standard InChI is InChI=1S/C22H20N2O6/c1-14-9-19(24(27)28)20(29-2)12-18(14)23-21(25)13-30-22(26)11-15-7-8-16-5-3-4-6-17(16)10-15/h3-10,12H,11,13H2,1-2H3,(H,23,25). The minimum absolute atomic E-state index is 0.0224. The molecule has 0 unspecified atom stereocenters. The largest absolute Gasteiger partial charge is 0.490 e. The molecular formula is C22H20N2O6. The fourth-order valence-corrected chi connectivity index (χ4v) is 3.01. The lowest BCUT2D eigenvalue weighted by Crippen LogP contribution is -2.22. The van der Waals surface area contributed by atoms with Gasteiger partial charge in [0.15, 0.2) is 12.4 Å². The van der Waals surface area contributed by atoms with Crippen molar-refractivity contribution in [2.24, 2.45) is 0 Å². The molecule has 8 nitrogen and oxygen atoms in total. The molecule has 1 N–H and O–H groups in total. The van der Waals surface area contributed by atoms with Crippen LogP contribution in [0.25, 0.3) is 10.8 Å². The molecule has 0 saturated carbocycles. The second-order valence-electron chi connectivity index (χ2n) is 6.66. The maximum absolute atomic E-state index is 12.2. The lowest BCUT2D eigenvalue weighted by Gasteiger charge is -2.11. The van der Waals surface area contributed by atoms with Crippen LogP contribution in [0.15, 0.2) is 54.6 Å². The fraction of sp³-hybridized carbons (Fsp3) is 0.182. The maximum Gasteiger partial charge on any atom is 0.311 e. The van der Waals surface area contributed by atoms with Crippen LogP contribution >= 0.6 is 0 Å². The van der Waals surface area contributed by atoms with Crippen molar-refractivity contribution < 1.29 is 24.0 Å². The summed E-state index contributed by atoms with van der Waals surface area (Å²) in [5, 5.41) is 15.7. The number of esters is 1. The summed E-state index contributed by atoms with van der Waals surface area (Å²) in [4.78, 5) is 34.7. The van der Waals surface area contributed by atoms with Crippen LogP contribution in [-0.2, 0) is 20.7 Å². The van der Waals surface area contributed by atoms with Gasteiger partial charge >= 0.3 is 11.7 Å². The molecule has 8 heteroatoms. The predicted molar refractivity (Wildman–Crippen MR) is 112 cm³/mol. The molecule has 0 aliphatic heterocycles. The molecule has 3 rings (SSSR count). The van der Waals surface area contributed by atoms with E-state index in [-0.39, 0.29) is 17.9 Å². The number of aryl methyl sites for hydroxylation is 1. The Morgan fingerprint density at radius 1 is 1.07 bits per heavy atom. The highest BCUT2D eigenvalue weighted by Crippen LogP contribution is 2.32. The summed E-state index contributed by atoms with van der Waals surface area (Å²) in [7, 11) is 1.30. The zero-order valence-electron chi connectivity index (χ0n) is 16.5. The van der Waals surface area contributed by atoms with E-state index in [0.717, 1.165) is 16.3 Å². The van der Waals surface area contributed by atoms with Gasteiger partial charge in [-0.05, 0) is 28.8 Å². The molecule has 0 aromatic heterocycles. The highest BCUT2D eigenvalue weighted by atomic mass is 16.6. The number of nitrogens with one attached hydrogen (secondary N) is 1. The number of ether oxygens (including phenoxy) is 2. The number of amides is 1. The molecule has 0 spiro atoms. The second kappa shape index (κ2) is 9.04. The molecule has 0 radical (unpaired) electrons. The van der Waals surface area contributed by atoms with Gasteiger partial charge in [-0.15, -0.1) is 0 Å². The van der Waals surface area contributed by atoms with Crippen LogP contribution < -0.4 is 10.1 Å². The number of rotatable bonds is 7. The topological polar surface area (TPSA) is 108 Å². The van der Waals surface area contributed by atoms with E-state index in [1.807, 2.05) is 42.5 Å². The summed E-state index contributed by atoms with van der Waals surface area (Å²) in [5.41, 5.74) is 1.41. The number of anilines is 1. The quantitative estimate of drug-likeness (QED) is 0.362. The summed E-state index contributed by atoms with van der Waals surface area (Å²) in [6, 6.07) is 16.1. The van der Waals surface area contributed by atoms with Crippen molar-refractivity contribution in [2.45, 2.75) is 13.3 Å². The van der Waals surface area contributed by atoms with Crippen molar-refractivity contribution in [3.8, 4) is 5.75 Å². The summed E-state index contributed by atoms with van der Waals surface area (Å²) in [5.74, 6) is -1.06. The van der Waals surface area contributed by atoms with E-state index < -0.39 is 23.4 Å². The lowest BCUT2D eigenvalue weighted by atomic mass is 10.1. The van der Waals surface area contributed by atoms with Gasteiger partial charge in [0.1, 0.15) is 0 Å². The van der Waals surface area contributed by atoms with Gasteiger partial charge in [0.05, 0.1) is 18.5 Å². The van der Waals surface area contributed by atoms with E-state index in [1.54, 1.807) is 6.92 Å². The van der Waals surface area contributed by atoms with Gasteiger partial charge in [0, 0.05) is 17.8 Å². The van der Waals surface area contributed by atoms with Crippen LogP contribution in [0.5, 0.6) is 5.75 Å². The minimum Gasteiger partial charge on any atom is -0.490 e. The number of nitro groups is 1. The molecule has 0 atom stereocenters. The Bertz CT molecular complexity index is 1130. The number of hydrogen-bond donors (Lipinski definition) is 1. The minimum atomic E-state index is -0.563. The molecule has 3 aromatic carbocycles. The average molecular weight is 408 g/mol. The Hall–Kier alpha value is -3.94. The second-order valence-corrected chi connectivity index (χ2v) is 6.66. The Morgan fingerprint density at radius 3 is 2.50 bits per heavy atom. The molecule has 0 aliphatic carbocycles. The van der Waals surface area contributed by atoms with E-state index in [1.165, 1.54) is 19.2 Å². The number of nitro benzene ring substituents is 1. The van der Waals surface area contributed by atoms with Crippen LogP contribution in [-0.4, -0.2) is 30.5 Å². The van der Waals surface area contributed by atoms with Gasteiger partial charge in [0.25, 0.3) is 5.91 Å². The van der Waals surface area contributed by atoms with Crippen molar-refractivity contribution in [3.63, 3.8) is 0 Å². The first-order chi connectivity index (χ1) is 14.4. The maximum atomic E-state index is 12.2. The predicted octanol–water partition coefficient (Wildman–Crippen LogP) is 3.79. The highest BCUT2D eigenvalue weighted by Gasteiger charge is 2.18. The number of carbonyl (C=O) groups excluding carboxylic acids is 2. The first kappa shape index (κ1) is 20.8. The fourth-order valence-electron chi connectivity index (χ4n) is 3.01. The third-order valence-electron chi connectivity index (χ3n) is 4.52. The average Bonchev–Trinajstić information content (AvgIpc) is 2.73. The molecule has 0 aliphatic rings. The van der Waals surface area contributed by atoms with Crippen LogP contribution in [0.4, 0.5) is 11.4 Å². The summed E-state index contributed by atoms with van der Waals surface area (Å²) in [6.07, 6.45) is 0.0441. The van der Waals surface area contributed by atoms with Gasteiger partial charge < -0.3 is 14.8 Å². The number of methoxy groups -OCH3 is 1. The molecule has 1 amide bonds. The summed E-state index contributed by atoms with van der Waals surface area (Å²) >= 11 is 0. The van der Waals surface area contributed by atoms with Crippen molar-refractivity contribution in [2.75, 3.05) is 19.0 Å². The van der Waals surface area contributed by atoms with E-state index in [2.05, 4.69) is 5.32 Å². The Kier molecular flexibility index (Phi) is 6.26. The van der Waals surface area contributed by atoms with Crippen LogP contribution in [0, 0.1) is 17.0 Å². The SMILES string of the molecule is COc1cc(NC(=O)COC(=O)Cc2ccc3ccccc3c2)c(C)cc1[N+](=O)[O-]. The molecule has 3 aromatic rings. The van der Waals surface area contributed by atoms with E-state index in [0.29, 0.717) is 11.3 Å². The highest BCUT2D eigenvalue weighted by molar-refractivity contribution is 5.94. The Morgan fingerprint density at radius 2 is 1.80 bits per heavy atom. The van der Waals surface area contributed by atoms with Crippen molar-refractivity contribution in [3.05, 3.63) is 75.8 Å². The molecule has 154 valence electrons. The third kappa shape index (κ3) is 4.91. The molecule has 0 bridgehead atoms. The van der Waals surface area contributed by atoms with E-state index in [9.17, 15) is 19.7 Å². The van der Waals surface area contributed by atoms with E-state index in [4.69, 9.17) is 9.47 Å². The number of benzene rings is 3. The monoisotopic (exact) mass is 408 g/mol. The van der Waals surface area contributed by atoms with Gasteiger partial charge in [-0.1, -0.05) is 42.5 Å². The summed E-state index contributed by atoms with van der Waals surface area (Å²) in [6.45, 7) is 1.15.